The molecule has 0 fully saturated rings. The fourth-order valence-electron chi connectivity index (χ4n) is 3.12. The van der Waals surface area contributed by atoms with Crippen LogP contribution in [0.15, 0.2) is 46.6 Å². The number of rotatable bonds is 14. The first-order chi connectivity index (χ1) is 16.9. The summed E-state index contributed by atoms with van der Waals surface area (Å²) in [5, 5.41) is 27.0. The van der Waals surface area contributed by atoms with Crippen LogP contribution in [0.2, 0.25) is 0 Å². The number of ether oxygens (including phenoxy) is 2. The summed E-state index contributed by atoms with van der Waals surface area (Å²) in [6, 6.07) is 9.54. The molecule has 0 heterocycles. The first-order valence-corrected chi connectivity index (χ1v) is 11.3. The molecule has 4 N–H and O–H groups in total. The summed E-state index contributed by atoms with van der Waals surface area (Å²) < 4.78 is 10.1. The Morgan fingerprint density at radius 2 is 1.14 bits per heavy atom. The van der Waals surface area contributed by atoms with Gasteiger partial charge in [0, 0.05) is 12.8 Å². The quantitative estimate of drug-likeness (QED) is 0.184. The summed E-state index contributed by atoms with van der Waals surface area (Å²) in [6.45, 7) is 0. The van der Waals surface area contributed by atoms with E-state index < -0.39 is 0 Å². The minimum absolute atomic E-state index is 0.0369. The second-order valence-corrected chi connectivity index (χ2v) is 7.72. The van der Waals surface area contributed by atoms with Gasteiger partial charge >= 0.3 is 0 Å². The molecule has 188 valence electrons. The van der Waals surface area contributed by atoms with Crippen molar-refractivity contribution in [3.05, 3.63) is 47.5 Å². The Hall–Kier alpha value is -4.08. The molecule has 0 unspecified atom stereocenters. The standard InChI is InChI=1S/C25H32N4O6/c1-34-22-14-18(10-12-20(22)30)16-26-28-24(32)8-6-4-3-5-7-9-25(33)29-27-17-19-11-13-21(31)23(15-19)35-2/h10-17,30-31H,3-9H2,1-2H3,(H,28,32)(H,29,33)/b26-16-,27-17-. The van der Waals surface area contributed by atoms with Gasteiger partial charge in [0.25, 0.3) is 0 Å². The van der Waals surface area contributed by atoms with Gasteiger partial charge in [0.15, 0.2) is 23.0 Å². The van der Waals surface area contributed by atoms with Crippen LogP contribution >= 0.6 is 0 Å². The van der Waals surface area contributed by atoms with E-state index in [9.17, 15) is 19.8 Å². The lowest BCUT2D eigenvalue weighted by Crippen LogP contribution is -2.17. The predicted molar refractivity (Wildman–Crippen MR) is 133 cm³/mol. The predicted octanol–water partition coefficient (Wildman–Crippen LogP) is 3.45. The van der Waals surface area contributed by atoms with Crippen LogP contribution in [0.3, 0.4) is 0 Å². The van der Waals surface area contributed by atoms with Gasteiger partial charge < -0.3 is 19.7 Å². The number of hydrogen-bond donors (Lipinski definition) is 4. The van der Waals surface area contributed by atoms with E-state index in [1.54, 1.807) is 24.3 Å². The maximum Gasteiger partial charge on any atom is 0.240 e. The van der Waals surface area contributed by atoms with Crippen molar-refractivity contribution in [3.63, 3.8) is 0 Å². The number of benzene rings is 2. The summed E-state index contributed by atoms with van der Waals surface area (Å²) in [4.78, 5) is 23.7. The molecule has 2 rings (SSSR count). The van der Waals surface area contributed by atoms with Gasteiger partial charge in [-0.05, 0) is 60.4 Å². The number of hydrogen-bond acceptors (Lipinski definition) is 8. The van der Waals surface area contributed by atoms with Crippen molar-refractivity contribution in [1.82, 2.24) is 10.9 Å². The SMILES string of the molecule is COc1cc(/C=N\NC(=O)CCCCCCCC(=O)N/N=C\c2ccc(O)c(OC)c2)ccc1O. The van der Waals surface area contributed by atoms with Crippen LogP contribution in [0, 0.1) is 0 Å². The van der Waals surface area contributed by atoms with Gasteiger partial charge in [-0.3, -0.25) is 9.59 Å². The smallest absolute Gasteiger partial charge is 0.240 e. The van der Waals surface area contributed by atoms with Crippen LogP contribution in [-0.2, 0) is 9.59 Å². The van der Waals surface area contributed by atoms with E-state index in [2.05, 4.69) is 21.1 Å². The van der Waals surface area contributed by atoms with Gasteiger partial charge in [-0.25, -0.2) is 10.9 Å². The minimum atomic E-state index is -0.171. The van der Waals surface area contributed by atoms with E-state index in [1.807, 2.05) is 0 Å². The maximum atomic E-state index is 11.9. The number of carbonyl (C=O) groups is 2. The molecule has 0 saturated carbocycles. The van der Waals surface area contributed by atoms with Gasteiger partial charge in [-0.15, -0.1) is 0 Å². The number of methoxy groups -OCH3 is 2. The number of phenols is 2. The number of amides is 2. The van der Waals surface area contributed by atoms with E-state index in [4.69, 9.17) is 9.47 Å². The monoisotopic (exact) mass is 484 g/mol. The topological polar surface area (TPSA) is 142 Å². The fraction of sp³-hybridized carbons (Fsp3) is 0.360. The van der Waals surface area contributed by atoms with E-state index in [-0.39, 0.29) is 23.3 Å². The van der Waals surface area contributed by atoms with Gasteiger partial charge in [-0.2, -0.15) is 10.2 Å². The Kier molecular flexibility index (Phi) is 11.6. The lowest BCUT2D eigenvalue weighted by molar-refractivity contribution is -0.121. The van der Waals surface area contributed by atoms with Crippen LogP contribution in [0.4, 0.5) is 0 Å². The van der Waals surface area contributed by atoms with Crippen LogP contribution in [0.1, 0.15) is 56.1 Å². The zero-order valence-electron chi connectivity index (χ0n) is 20.0. The molecule has 0 atom stereocenters. The lowest BCUT2D eigenvalue weighted by atomic mass is 10.1. The Morgan fingerprint density at radius 1 is 0.743 bits per heavy atom. The fourth-order valence-corrected chi connectivity index (χ4v) is 3.12. The van der Waals surface area contributed by atoms with E-state index in [1.165, 1.54) is 38.8 Å². The zero-order chi connectivity index (χ0) is 25.5. The van der Waals surface area contributed by atoms with Gasteiger partial charge in [0.05, 0.1) is 26.6 Å². The average molecular weight is 485 g/mol. The highest BCUT2D eigenvalue weighted by atomic mass is 16.5. The lowest BCUT2D eigenvalue weighted by Gasteiger charge is -2.04. The third-order valence-electron chi connectivity index (χ3n) is 5.02. The summed E-state index contributed by atoms with van der Waals surface area (Å²) in [6.07, 6.45) is 7.87. The summed E-state index contributed by atoms with van der Waals surface area (Å²) in [7, 11) is 2.92. The highest BCUT2D eigenvalue weighted by Gasteiger charge is 2.04. The molecule has 0 aliphatic heterocycles. The largest absolute Gasteiger partial charge is 0.504 e. The molecule has 2 aromatic rings. The first-order valence-electron chi connectivity index (χ1n) is 11.3. The molecule has 2 amide bonds. The molecule has 0 aliphatic rings. The van der Waals surface area contributed by atoms with E-state index in [0.29, 0.717) is 35.5 Å². The molecule has 35 heavy (non-hydrogen) atoms. The molecule has 2 aromatic carbocycles. The van der Waals surface area contributed by atoms with Gasteiger partial charge in [0.2, 0.25) is 11.8 Å². The van der Waals surface area contributed by atoms with Crippen molar-refractivity contribution in [2.24, 2.45) is 10.2 Å². The maximum absolute atomic E-state index is 11.9. The molecule has 0 spiro atoms. The highest BCUT2D eigenvalue weighted by molar-refractivity contribution is 5.84. The van der Waals surface area contributed by atoms with Crippen LogP contribution in [0.25, 0.3) is 0 Å². The van der Waals surface area contributed by atoms with Crippen molar-refractivity contribution in [2.75, 3.05) is 14.2 Å². The van der Waals surface area contributed by atoms with Crippen LogP contribution < -0.4 is 20.3 Å². The molecule has 0 aromatic heterocycles. The Morgan fingerprint density at radius 3 is 1.54 bits per heavy atom. The third kappa shape index (κ3) is 10.2. The molecule has 10 nitrogen and oxygen atoms in total. The van der Waals surface area contributed by atoms with Crippen molar-refractivity contribution in [2.45, 2.75) is 44.9 Å². The van der Waals surface area contributed by atoms with Crippen molar-refractivity contribution >= 4 is 24.2 Å². The molecular weight excluding hydrogens is 452 g/mol. The minimum Gasteiger partial charge on any atom is -0.504 e. The molecule has 0 saturated heterocycles. The first kappa shape index (κ1) is 27.2. The Labute approximate surface area is 204 Å². The number of carbonyl (C=O) groups excluding carboxylic acids is 2. The Bertz CT molecular complexity index is 957. The summed E-state index contributed by atoms with van der Waals surface area (Å²) in [5.41, 5.74) is 6.34. The third-order valence-corrected chi connectivity index (χ3v) is 5.02. The zero-order valence-corrected chi connectivity index (χ0v) is 20.0. The number of unbranched alkanes of at least 4 members (excludes halogenated alkanes) is 4. The van der Waals surface area contributed by atoms with E-state index >= 15 is 0 Å². The average Bonchev–Trinajstić information content (AvgIpc) is 2.85. The molecule has 0 aliphatic carbocycles. The Balaban J connectivity index is 1.52. The second-order valence-electron chi connectivity index (χ2n) is 7.72. The van der Waals surface area contributed by atoms with Crippen molar-refractivity contribution in [1.29, 1.82) is 0 Å². The van der Waals surface area contributed by atoms with Crippen molar-refractivity contribution < 1.29 is 29.3 Å². The number of hydrazone groups is 2. The van der Waals surface area contributed by atoms with E-state index in [0.717, 1.165) is 32.1 Å². The number of phenolic OH excluding ortho intramolecular Hbond substituents is 2. The number of nitrogens with one attached hydrogen (secondary N) is 2. The van der Waals surface area contributed by atoms with Crippen molar-refractivity contribution in [3.8, 4) is 23.0 Å². The summed E-state index contributed by atoms with van der Waals surface area (Å²) in [5.74, 6) is 0.400. The molecule has 10 heteroatoms. The molecule has 0 bridgehead atoms. The normalized spacial score (nSPS) is 11.0. The number of aromatic hydroxyl groups is 2. The summed E-state index contributed by atoms with van der Waals surface area (Å²) >= 11 is 0. The highest BCUT2D eigenvalue weighted by Crippen LogP contribution is 2.26. The van der Waals surface area contributed by atoms with Crippen LogP contribution in [-0.4, -0.2) is 48.7 Å². The van der Waals surface area contributed by atoms with Gasteiger partial charge in [-0.1, -0.05) is 19.3 Å². The van der Waals surface area contributed by atoms with Crippen LogP contribution in [0.5, 0.6) is 23.0 Å². The molecular formula is C25H32N4O6. The number of nitrogens with zero attached hydrogens (tertiary/aromatic N) is 2. The molecule has 0 radical (unpaired) electrons. The van der Waals surface area contributed by atoms with Gasteiger partial charge in [0.1, 0.15) is 0 Å². The second kappa shape index (κ2) is 14.9.